The number of hydrogen-bond donors (Lipinski definition) is 0. The molecule has 0 N–H and O–H groups in total. The van der Waals surface area contributed by atoms with Gasteiger partial charge >= 0.3 is 0 Å². The molecule has 0 unspecified atom stereocenters. The average molecular weight is 385 g/mol. The van der Waals surface area contributed by atoms with Gasteiger partial charge in [-0.05, 0) is 53.3 Å². The van der Waals surface area contributed by atoms with E-state index < -0.39 is 0 Å². The molecule has 1 aliphatic rings. The zero-order valence-electron chi connectivity index (χ0n) is 16.9. The number of unbranched alkanes of at least 4 members (excludes halogenated alkanes) is 2. The number of rotatable bonds is 6. The van der Waals surface area contributed by atoms with Gasteiger partial charge in [0.15, 0.2) is 0 Å². The van der Waals surface area contributed by atoms with Crippen molar-refractivity contribution in [2.75, 3.05) is 0 Å². The molecule has 0 atom stereocenters. The maximum Gasteiger partial charge on any atom is 0.0361 e. The highest BCUT2D eigenvalue weighted by atomic mass is 32.1. The minimum atomic E-state index is 0.190. The Morgan fingerprint density at radius 2 is 1.39 bits per heavy atom. The van der Waals surface area contributed by atoms with Crippen LogP contribution in [0.3, 0.4) is 0 Å². The number of benzene rings is 3. The van der Waals surface area contributed by atoms with Crippen LogP contribution < -0.4 is 0 Å². The summed E-state index contributed by atoms with van der Waals surface area (Å²) in [6.45, 7) is 4.65. The summed E-state index contributed by atoms with van der Waals surface area (Å²) in [5.41, 5.74) is 6.32. The van der Waals surface area contributed by atoms with Crippen molar-refractivity contribution in [3.8, 4) is 11.1 Å². The second kappa shape index (κ2) is 7.04. The fourth-order valence-electron chi connectivity index (χ4n) is 5.29. The number of fused-ring (bicyclic) bond motifs is 6. The van der Waals surface area contributed by atoms with E-state index in [-0.39, 0.29) is 5.41 Å². The molecule has 1 aliphatic carbocycles. The van der Waals surface area contributed by atoms with Crippen LogP contribution >= 0.6 is 11.3 Å². The van der Waals surface area contributed by atoms with E-state index in [0.717, 1.165) is 0 Å². The van der Waals surface area contributed by atoms with Gasteiger partial charge in [-0.2, -0.15) is 0 Å². The quantitative estimate of drug-likeness (QED) is 0.312. The summed E-state index contributed by atoms with van der Waals surface area (Å²) in [5, 5.41) is 2.87. The van der Waals surface area contributed by atoms with Gasteiger partial charge in [0.25, 0.3) is 0 Å². The Kier molecular flexibility index (Phi) is 4.51. The molecular weight excluding hydrogens is 356 g/mol. The summed E-state index contributed by atoms with van der Waals surface area (Å²) in [6.07, 6.45) is 7.63. The first-order chi connectivity index (χ1) is 13.8. The maximum absolute atomic E-state index is 2.56. The van der Waals surface area contributed by atoms with Gasteiger partial charge in [-0.1, -0.05) is 82.0 Å². The molecule has 4 aromatic rings. The fourth-order valence-corrected chi connectivity index (χ4v) is 6.42. The van der Waals surface area contributed by atoms with E-state index in [2.05, 4.69) is 74.5 Å². The van der Waals surface area contributed by atoms with E-state index in [9.17, 15) is 0 Å². The highest BCUT2D eigenvalue weighted by Gasteiger charge is 2.42. The molecule has 3 aromatic carbocycles. The SMILES string of the molecule is CCCCC1(CCCC)c2ccccc2-c2cc3sc4ccccc4c3cc21. The van der Waals surface area contributed by atoms with E-state index in [4.69, 9.17) is 0 Å². The van der Waals surface area contributed by atoms with Crippen molar-refractivity contribution in [2.45, 2.75) is 57.8 Å². The normalized spacial score (nSPS) is 14.5. The van der Waals surface area contributed by atoms with Crippen LogP contribution in [0.4, 0.5) is 0 Å². The van der Waals surface area contributed by atoms with Crippen LogP contribution in [0.5, 0.6) is 0 Å². The van der Waals surface area contributed by atoms with Gasteiger partial charge in [0.05, 0.1) is 0 Å². The Hall–Kier alpha value is -2.12. The molecule has 28 heavy (non-hydrogen) atoms. The molecular formula is C27H28S. The lowest BCUT2D eigenvalue weighted by Gasteiger charge is -2.32. The lowest BCUT2D eigenvalue weighted by Crippen LogP contribution is -2.25. The van der Waals surface area contributed by atoms with Crippen LogP contribution in [-0.2, 0) is 5.41 Å². The summed E-state index contributed by atoms with van der Waals surface area (Å²) >= 11 is 1.94. The first kappa shape index (κ1) is 17.9. The van der Waals surface area contributed by atoms with Crippen molar-refractivity contribution in [1.29, 1.82) is 0 Å². The lowest BCUT2D eigenvalue weighted by molar-refractivity contribution is 0.415. The second-order valence-corrected chi connectivity index (χ2v) is 9.41. The number of hydrogen-bond acceptors (Lipinski definition) is 1. The second-order valence-electron chi connectivity index (χ2n) is 8.33. The van der Waals surface area contributed by atoms with Crippen molar-refractivity contribution in [2.24, 2.45) is 0 Å². The highest BCUT2D eigenvalue weighted by molar-refractivity contribution is 7.25. The van der Waals surface area contributed by atoms with E-state index in [1.54, 1.807) is 11.1 Å². The number of thiophene rings is 1. The summed E-state index contributed by atoms with van der Waals surface area (Å²) in [5.74, 6) is 0. The van der Waals surface area contributed by atoms with Gasteiger partial charge in [0, 0.05) is 25.6 Å². The minimum Gasteiger partial charge on any atom is -0.135 e. The van der Waals surface area contributed by atoms with Crippen molar-refractivity contribution in [3.05, 3.63) is 71.8 Å². The van der Waals surface area contributed by atoms with Crippen molar-refractivity contribution in [3.63, 3.8) is 0 Å². The topological polar surface area (TPSA) is 0 Å². The monoisotopic (exact) mass is 384 g/mol. The highest BCUT2D eigenvalue weighted by Crippen LogP contribution is 2.55. The molecule has 0 amide bonds. The van der Waals surface area contributed by atoms with E-state index >= 15 is 0 Å². The first-order valence-electron chi connectivity index (χ1n) is 10.8. The summed E-state index contributed by atoms with van der Waals surface area (Å²) in [6, 6.07) is 23.2. The molecule has 1 heteroatoms. The smallest absolute Gasteiger partial charge is 0.0361 e. The minimum absolute atomic E-state index is 0.190. The molecule has 142 valence electrons. The standard InChI is InChI=1S/C27H28S/c1-3-5-15-27(16-6-4-2)23-13-9-7-11-19(23)21-18-26-22(17-24(21)27)20-12-8-10-14-25(20)28-26/h7-14,17-18H,3-6,15-16H2,1-2H3. The molecule has 1 heterocycles. The van der Waals surface area contributed by atoms with Gasteiger partial charge in [-0.15, -0.1) is 11.3 Å². The first-order valence-corrected chi connectivity index (χ1v) is 11.7. The van der Waals surface area contributed by atoms with E-state index in [1.165, 1.54) is 69.8 Å². The molecule has 0 saturated heterocycles. The maximum atomic E-state index is 2.56. The third-order valence-electron chi connectivity index (χ3n) is 6.68. The molecule has 0 saturated carbocycles. The molecule has 5 rings (SSSR count). The van der Waals surface area contributed by atoms with Crippen LogP contribution in [0.15, 0.2) is 60.7 Å². The van der Waals surface area contributed by atoms with Gasteiger partial charge in [-0.3, -0.25) is 0 Å². The van der Waals surface area contributed by atoms with Crippen LogP contribution in [0.2, 0.25) is 0 Å². The van der Waals surface area contributed by atoms with Crippen LogP contribution in [-0.4, -0.2) is 0 Å². The Morgan fingerprint density at radius 3 is 2.18 bits per heavy atom. The van der Waals surface area contributed by atoms with E-state index in [0.29, 0.717) is 0 Å². The molecule has 1 aromatic heterocycles. The van der Waals surface area contributed by atoms with Crippen molar-refractivity contribution >= 4 is 31.5 Å². The lowest BCUT2D eigenvalue weighted by atomic mass is 9.70. The van der Waals surface area contributed by atoms with Crippen LogP contribution in [0.25, 0.3) is 31.3 Å². The van der Waals surface area contributed by atoms with Gasteiger partial charge < -0.3 is 0 Å². The molecule has 0 spiro atoms. The predicted molar refractivity (Wildman–Crippen MR) is 125 cm³/mol. The average Bonchev–Trinajstić information content (AvgIpc) is 3.23. The Morgan fingerprint density at radius 1 is 0.679 bits per heavy atom. The van der Waals surface area contributed by atoms with Gasteiger partial charge in [0.2, 0.25) is 0 Å². The van der Waals surface area contributed by atoms with Crippen LogP contribution in [0.1, 0.15) is 63.5 Å². The summed E-state index contributed by atoms with van der Waals surface area (Å²) in [4.78, 5) is 0. The van der Waals surface area contributed by atoms with Crippen molar-refractivity contribution in [1.82, 2.24) is 0 Å². The Balaban J connectivity index is 1.82. The molecule has 0 radical (unpaired) electrons. The van der Waals surface area contributed by atoms with Crippen LogP contribution in [0, 0.1) is 0 Å². The summed E-state index contributed by atoms with van der Waals surface area (Å²) < 4.78 is 2.83. The third-order valence-corrected chi connectivity index (χ3v) is 7.81. The molecule has 0 aliphatic heterocycles. The van der Waals surface area contributed by atoms with E-state index in [1.807, 2.05) is 11.3 Å². The van der Waals surface area contributed by atoms with Gasteiger partial charge in [0.1, 0.15) is 0 Å². The Bertz CT molecular complexity index is 1140. The fraction of sp³-hybridized carbons (Fsp3) is 0.333. The largest absolute Gasteiger partial charge is 0.135 e. The van der Waals surface area contributed by atoms with Gasteiger partial charge in [-0.25, -0.2) is 0 Å². The van der Waals surface area contributed by atoms with Crippen molar-refractivity contribution < 1.29 is 0 Å². The Labute approximate surface area is 172 Å². The third kappa shape index (κ3) is 2.56. The molecule has 0 bridgehead atoms. The zero-order chi connectivity index (χ0) is 19.1. The zero-order valence-corrected chi connectivity index (χ0v) is 17.7. The predicted octanol–water partition coefficient (Wildman–Crippen LogP) is 8.70. The summed E-state index contributed by atoms with van der Waals surface area (Å²) in [7, 11) is 0. The molecule has 0 nitrogen and oxygen atoms in total. The molecule has 0 fully saturated rings.